The quantitative estimate of drug-likeness (QED) is 0.260. The number of methoxy groups -OCH3 is 1. The van der Waals surface area contributed by atoms with Gasteiger partial charge in [-0.3, -0.25) is 10.1 Å². The second kappa shape index (κ2) is 10.1. The number of ether oxygens (including phenoxy) is 1. The van der Waals surface area contributed by atoms with Gasteiger partial charge in [0.1, 0.15) is 11.4 Å². The minimum absolute atomic E-state index is 0.0222. The highest BCUT2D eigenvalue weighted by atomic mass is 16.6. The molecule has 0 saturated heterocycles. The smallest absolute Gasteiger partial charge is 0.294 e. The fourth-order valence-electron chi connectivity index (χ4n) is 4.89. The number of anilines is 3. The summed E-state index contributed by atoms with van der Waals surface area (Å²) in [4.78, 5) is 24.6. The standard InChI is InChI=1S/C27H31N7O3/c1-31(2)13-14-32(3)22-11-10-19(15-23(22)34(35)36)29-27-28-16-24(37-4)25(30-27)21-17-33-12-6-8-18-7-5-9-20(21)26(18)33/h5,7,9-11,15-17H,6,8,12-14H2,1-4H3,(H,28,29,30). The minimum atomic E-state index is -0.360. The molecule has 1 N–H and O–H groups in total. The van der Waals surface area contributed by atoms with Crippen molar-refractivity contribution in [3.63, 3.8) is 0 Å². The van der Waals surface area contributed by atoms with Crippen LogP contribution in [-0.2, 0) is 13.0 Å². The zero-order chi connectivity index (χ0) is 26.1. The van der Waals surface area contributed by atoms with Gasteiger partial charge in [0.25, 0.3) is 5.69 Å². The largest absolute Gasteiger partial charge is 0.493 e. The van der Waals surface area contributed by atoms with E-state index in [0.717, 1.165) is 36.9 Å². The molecule has 2 aromatic heterocycles. The zero-order valence-corrected chi connectivity index (χ0v) is 21.6. The molecule has 1 aliphatic rings. The molecule has 0 radical (unpaired) electrons. The summed E-state index contributed by atoms with van der Waals surface area (Å²) < 4.78 is 7.90. The molecule has 0 aliphatic carbocycles. The third-order valence-corrected chi connectivity index (χ3v) is 6.78. The lowest BCUT2D eigenvalue weighted by Crippen LogP contribution is -2.28. The summed E-state index contributed by atoms with van der Waals surface area (Å²) in [5.74, 6) is 0.906. The zero-order valence-electron chi connectivity index (χ0n) is 21.6. The first-order valence-corrected chi connectivity index (χ1v) is 12.3. The second-order valence-electron chi connectivity index (χ2n) is 9.57. The average Bonchev–Trinajstić information content (AvgIpc) is 3.27. The molecule has 0 atom stereocenters. The van der Waals surface area contributed by atoms with Gasteiger partial charge >= 0.3 is 0 Å². The van der Waals surface area contributed by atoms with E-state index in [1.807, 2.05) is 37.0 Å². The number of nitro benzene ring substituents is 1. The van der Waals surface area contributed by atoms with Crippen LogP contribution in [-0.4, -0.2) is 65.7 Å². The highest BCUT2D eigenvalue weighted by molar-refractivity contribution is 5.98. The number of rotatable bonds is 9. The van der Waals surface area contributed by atoms with E-state index >= 15 is 0 Å². The number of aromatic nitrogens is 3. The van der Waals surface area contributed by atoms with Gasteiger partial charge < -0.3 is 24.4 Å². The van der Waals surface area contributed by atoms with Gasteiger partial charge in [-0.1, -0.05) is 18.2 Å². The Morgan fingerprint density at radius 2 is 2.03 bits per heavy atom. The van der Waals surface area contributed by atoms with Gasteiger partial charge in [-0.05, 0) is 44.6 Å². The maximum atomic E-state index is 11.9. The molecule has 10 heteroatoms. The summed E-state index contributed by atoms with van der Waals surface area (Å²) in [5.41, 5.74) is 5.35. The number of nitrogens with one attached hydrogen (secondary N) is 1. The van der Waals surface area contributed by atoms with Crippen LogP contribution < -0.4 is 15.0 Å². The lowest BCUT2D eigenvalue weighted by atomic mass is 10.0. The van der Waals surface area contributed by atoms with Crippen LogP contribution in [0.15, 0.2) is 48.8 Å². The predicted molar refractivity (Wildman–Crippen MR) is 146 cm³/mol. The number of hydrogen-bond donors (Lipinski definition) is 1. The lowest BCUT2D eigenvalue weighted by Gasteiger charge is -2.21. The molecule has 2 aromatic carbocycles. The maximum absolute atomic E-state index is 11.9. The minimum Gasteiger partial charge on any atom is -0.493 e. The van der Waals surface area contributed by atoms with Crippen molar-refractivity contribution in [2.45, 2.75) is 19.4 Å². The normalized spacial score (nSPS) is 12.7. The maximum Gasteiger partial charge on any atom is 0.294 e. The number of aryl methyl sites for hydroxylation is 2. The summed E-state index contributed by atoms with van der Waals surface area (Å²) in [6, 6.07) is 11.5. The van der Waals surface area contributed by atoms with Gasteiger partial charge in [0.15, 0.2) is 5.75 Å². The van der Waals surface area contributed by atoms with Crippen LogP contribution in [0, 0.1) is 10.1 Å². The van der Waals surface area contributed by atoms with Crippen molar-refractivity contribution in [1.29, 1.82) is 0 Å². The van der Waals surface area contributed by atoms with Crippen molar-refractivity contribution in [2.75, 3.05) is 51.6 Å². The van der Waals surface area contributed by atoms with Gasteiger partial charge in [0, 0.05) is 55.6 Å². The Morgan fingerprint density at radius 3 is 2.78 bits per heavy atom. The number of nitro groups is 1. The molecule has 192 valence electrons. The molecule has 0 fully saturated rings. The second-order valence-corrected chi connectivity index (χ2v) is 9.57. The molecule has 0 amide bonds. The topological polar surface area (TPSA) is 102 Å². The fourth-order valence-corrected chi connectivity index (χ4v) is 4.89. The summed E-state index contributed by atoms with van der Waals surface area (Å²) in [6.07, 6.45) is 5.93. The van der Waals surface area contributed by atoms with Gasteiger partial charge in [0.05, 0.1) is 23.7 Å². The van der Waals surface area contributed by atoms with Gasteiger partial charge in [-0.2, -0.15) is 0 Å². The molecule has 0 saturated carbocycles. The summed E-state index contributed by atoms with van der Waals surface area (Å²) in [5, 5.41) is 16.1. The Labute approximate surface area is 215 Å². The number of likely N-dealkylation sites (N-methyl/N-ethyl adjacent to an activating group) is 2. The Kier molecular flexibility index (Phi) is 6.66. The molecular weight excluding hydrogens is 470 g/mol. The summed E-state index contributed by atoms with van der Waals surface area (Å²) >= 11 is 0. The first kappa shape index (κ1) is 24.5. The fraction of sp³-hybridized carbons (Fsp3) is 0.333. The van der Waals surface area contributed by atoms with Gasteiger partial charge in [-0.15, -0.1) is 0 Å². The van der Waals surface area contributed by atoms with Crippen LogP contribution in [0.3, 0.4) is 0 Å². The molecule has 1 aliphatic heterocycles. The van der Waals surface area contributed by atoms with Gasteiger partial charge in [0.2, 0.25) is 5.95 Å². The van der Waals surface area contributed by atoms with E-state index in [9.17, 15) is 10.1 Å². The number of nitrogens with zero attached hydrogens (tertiary/aromatic N) is 6. The van der Waals surface area contributed by atoms with Crippen molar-refractivity contribution in [3.8, 4) is 17.0 Å². The van der Waals surface area contributed by atoms with E-state index in [0.29, 0.717) is 35.3 Å². The first-order chi connectivity index (χ1) is 17.9. The Hall–Kier alpha value is -4.18. The van der Waals surface area contributed by atoms with E-state index in [-0.39, 0.29) is 10.6 Å². The molecule has 0 bridgehead atoms. The first-order valence-electron chi connectivity index (χ1n) is 12.3. The number of benzene rings is 2. The van der Waals surface area contributed by atoms with Crippen molar-refractivity contribution < 1.29 is 9.66 Å². The molecule has 10 nitrogen and oxygen atoms in total. The van der Waals surface area contributed by atoms with Crippen LogP contribution in [0.1, 0.15) is 12.0 Å². The highest BCUT2D eigenvalue weighted by Gasteiger charge is 2.22. The van der Waals surface area contributed by atoms with Crippen LogP contribution >= 0.6 is 0 Å². The molecule has 0 spiro atoms. The molecule has 5 rings (SSSR count). The monoisotopic (exact) mass is 501 g/mol. The van der Waals surface area contributed by atoms with Crippen molar-refractivity contribution in [2.24, 2.45) is 0 Å². The Balaban J connectivity index is 1.49. The SMILES string of the molecule is COc1cnc(Nc2ccc(N(C)CCN(C)C)c([N+](=O)[O-])c2)nc1-c1cn2c3c(cccc13)CCC2. The number of hydrogen-bond acceptors (Lipinski definition) is 8. The molecule has 0 unspecified atom stereocenters. The van der Waals surface area contributed by atoms with E-state index in [4.69, 9.17) is 9.72 Å². The average molecular weight is 502 g/mol. The van der Waals surface area contributed by atoms with E-state index in [1.54, 1.807) is 19.4 Å². The van der Waals surface area contributed by atoms with E-state index in [2.05, 4.69) is 39.3 Å². The molecular formula is C27H31N7O3. The lowest BCUT2D eigenvalue weighted by molar-refractivity contribution is -0.384. The van der Waals surface area contributed by atoms with Gasteiger partial charge in [-0.25, -0.2) is 9.97 Å². The Morgan fingerprint density at radius 1 is 1.19 bits per heavy atom. The van der Waals surface area contributed by atoms with Crippen molar-refractivity contribution in [3.05, 3.63) is 64.5 Å². The highest BCUT2D eigenvalue weighted by Crippen LogP contribution is 2.39. The van der Waals surface area contributed by atoms with E-state index in [1.165, 1.54) is 17.1 Å². The number of para-hydroxylation sites is 1. The van der Waals surface area contributed by atoms with Crippen LogP contribution in [0.25, 0.3) is 22.2 Å². The van der Waals surface area contributed by atoms with Crippen LogP contribution in [0.5, 0.6) is 5.75 Å². The summed E-state index contributed by atoms with van der Waals surface area (Å²) in [7, 11) is 7.41. The molecule has 37 heavy (non-hydrogen) atoms. The summed E-state index contributed by atoms with van der Waals surface area (Å²) in [6.45, 7) is 2.42. The van der Waals surface area contributed by atoms with Crippen LogP contribution in [0.4, 0.5) is 23.0 Å². The third kappa shape index (κ3) is 4.79. The van der Waals surface area contributed by atoms with E-state index < -0.39 is 0 Å². The third-order valence-electron chi connectivity index (χ3n) is 6.78. The van der Waals surface area contributed by atoms with Crippen LogP contribution in [0.2, 0.25) is 0 Å². The predicted octanol–water partition coefficient (Wildman–Crippen LogP) is 4.70. The van der Waals surface area contributed by atoms with Crippen molar-refractivity contribution >= 4 is 33.9 Å². The van der Waals surface area contributed by atoms with Crippen molar-refractivity contribution in [1.82, 2.24) is 19.4 Å². The molecule has 3 heterocycles. The molecule has 4 aromatic rings. The Bertz CT molecular complexity index is 1460.